The lowest BCUT2D eigenvalue weighted by molar-refractivity contribution is 0.0467. The standard InChI is InChI=1S/C18H13ClN2O5/c1-10-2-3-15-20-12(6-16(22)21(15)7-10)8-24-18(23)11-4-13(19)17-14(5-11)25-9-26-17/h2-7H,8-9H2,1H3. The molecule has 0 amide bonds. The Morgan fingerprint density at radius 2 is 2.15 bits per heavy atom. The van der Waals surface area contributed by atoms with E-state index in [4.69, 9.17) is 25.8 Å². The monoisotopic (exact) mass is 372 g/mol. The lowest BCUT2D eigenvalue weighted by Crippen LogP contribution is -2.17. The van der Waals surface area contributed by atoms with Gasteiger partial charge in [-0.05, 0) is 30.7 Å². The second kappa shape index (κ2) is 6.34. The van der Waals surface area contributed by atoms with Crippen LogP contribution >= 0.6 is 11.6 Å². The third-order valence-corrected chi connectivity index (χ3v) is 4.16. The fraction of sp³-hybridized carbons (Fsp3) is 0.167. The molecule has 8 heteroatoms. The topological polar surface area (TPSA) is 79.1 Å². The Balaban J connectivity index is 1.55. The van der Waals surface area contributed by atoms with Gasteiger partial charge in [0.2, 0.25) is 6.79 Å². The summed E-state index contributed by atoms with van der Waals surface area (Å²) in [5.41, 5.74) is 1.78. The number of aryl methyl sites for hydroxylation is 1. The third kappa shape index (κ3) is 2.97. The van der Waals surface area contributed by atoms with Gasteiger partial charge in [0.05, 0.1) is 16.3 Å². The minimum Gasteiger partial charge on any atom is -0.456 e. The zero-order valence-corrected chi connectivity index (χ0v) is 14.4. The highest BCUT2D eigenvalue weighted by Gasteiger charge is 2.21. The van der Waals surface area contributed by atoms with Crippen molar-refractivity contribution in [2.45, 2.75) is 13.5 Å². The molecule has 1 aliphatic heterocycles. The van der Waals surface area contributed by atoms with Gasteiger partial charge in [0.15, 0.2) is 11.5 Å². The number of halogens is 1. The smallest absolute Gasteiger partial charge is 0.338 e. The molecule has 7 nitrogen and oxygen atoms in total. The first kappa shape index (κ1) is 16.4. The van der Waals surface area contributed by atoms with Crippen LogP contribution in [0.25, 0.3) is 5.65 Å². The van der Waals surface area contributed by atoms with E-state index in [2.05, 4.69) is 4.98 Å². The Kier molecular flexibility index (Phi) is 4.00. The van der Waals surface area contributed by atoms with Crippen molar-refractivity contribution in [2.75, 3.05) is 6.79 Å². The van der Waals surface area contributed by atoms with Crippen molar-refractivity contribution in [3.63, 3.8) is 0 Å². The lowest BCUT2D eigenvalue weighted by atomic mass is 10.2. The van der Waals surface area contributed by atoms with Crippen molar-refractivity contribution in [1.82, 2.24) is 9.38 Å². The van der Waals surface area contributed by atoms with Gasteiger partial charge in [-0.1, -0.05) is 17.7 Å². The fourth-order valence-electron chi connectivity index (χ4n) is 2.64. The summed E-state index contributed by atoms with van der Waals surface area (Å²) in [7, 11) is 0. The van der Waals surface area contributed by atoms with E-state index in [-0.39, 0.29) is 29.5 Å². The van der Waals surface area contributed by atoms with Crippen molar-refractivity contribution in [3.8, 4) is 11.5 Å². The van der Waals surface area contributed by atoms with Crippen molar-refractivity contribution in [1.29, 1.82) is 0 Å². The number of nitrogens with zero attached hydrogens (tertiary/aromatic N) is 2. The van der Waals surface area contributed by atoms with Crippen LogP contribution in [0, 0.1) is 6.92 Å². The van der Waals surface area contributed by atoms with Crippen LogP contribution in [-0.4, -0.2) is 22.1 Å². The van der Waals surface area contributed by atoms with Crippen molar-refractivity contribution in [2.24, 2.45) is 0 Å². The van der Waals surface area contributed by atoms with Crippen LogP contribution in [0.3, 0.4) is 0 Å². The number of pyridine rings is 1. The van der Waals surface area contributed by atoms with Gasteiger partial charge in [-0.3, -0.25) is 9.20 Å². The maximum Gasteiger partial charge on any atom is 0.338 e. The summed E-state index contributed by atoms with van der Waals surface area (Å²) < 4.78 is 17.1. The van der Waals surface area contributed by atoms with E-state index in [9.17, 15) is 9.59 Å². The van der Waals surface area contributed by atoms with Gasteiger partial charge >= 0.3 is 5.97 Å². The third-order valence-electron chi connectivity index (χ3n) is 3.87. The highest BCUT2D eigenvalue weighted by atomic mass is 35.5. The molecule has 1 aliphatic rings. The lowest BCUT2D eigenvalue weighted by Gasteiger charge is -2.08. The molecule has 3 heterocycles. The van der Waals surface area contributed by atoms with E-state index in [1.807, 2.05) is 13.0 Å². The van der Waals surface area contributed by atoms with Crippen LogP contribution in [0.15, 0.2) is 41.3 Å². The van der Waals surface area contributed by atoms with Gasteiger partial charge in [-0.25, -0.2) is 9.78 Å². The van der Waals surface area contributed by atoms with E-state index >= 15 is 0 Å². The molecule has 0 saturated heterocycles. The number of esters is 1. The van der Waals surface area contributed by atoms with Crippen molar-refractivity contribution < 1.29 is 19.0 Å². The molecule has 0 atom stereocenters. The number of hydrogen-bond acceptors (Lipinski definition) is 6. The summed E-state index contributed by atoms with van der Waals surface area (Å²) in [6, 6.07) is 7.88. The summed E-state index contributed by atoms with van der Waals surface area (Å²) in [6.07, 6.45) is 1.70. The number of aromatic nitrogens is 2. The number of benzene rings is 1. The van der Waals surface area contributed by atoms with Crippen LogP contribution in [0.5, 0.6) is 11.5 Å². The predicted molar refractivity (Wildman–Crippen MR) is 92.9 cm³/mol. The summed E-state index contributed by atoms with van der Waals surface area (Å²) in [6.45, 7) is 1.81. The molecule has 3 aromatic rings. The molecule has 0 fully saturated rings. The van der Waals surface area contributed by atoms with E-state index in [0.29, 0.717) is 22.8 Å². The average molecular weight is 373 g/mol. The number of carbonyl (C=O) groups is 1. The number of fused-ring (bicyclic) bond motifs is 2. The highest BCUT2D eigenvalue weighted by Crippen LogP contribution is 2.39. The SMILES string of the molecule is Cc1ccc2nc(COC(=O)c3cc(Cl)c4c(c3)OCO4)cc(=O)n2c1. The molecule has 0 saturated carbocycles. The molecule has 4 rings (SSSR count). The van der Waals surface area contributed by atoms with Crippen LogP contribution in [-0.2, 0) is 11.3 Å². The first-order valence-electron chi connectivity index (χ1n) is 7.76. The number of rotatable bonds is 3. The molecule has 0 aliphatic carbocycles. The molecule has 0 N–H and O–H groups in total. The number of ether oxygens (including phenoxy) is 3. The first-order valence-corrected chi connectivity index (χ1v) is 8.14. The molecule has 0 unspecified atom stereocenters. The Morgan fingerprint density at radius 3 is 3.00 bits per heavy atom. The Morgan fingerprint density at radius 1 is 1.31 bits per heavy atom. The van der Waals surface area contributed by atoms with E-state index in [0.717, 1.165) is 5.56 Å². The number of carbonyl (C=O) groups excluding carboxylic acids is 1. The average Bonchev–Trinajstić information content (AvgIpc) is 3.09. The molecule has 26 heavy (non-hydrogen) atoms. The van der Waals surface area contributed by atoms with Gasteiger partial charge < -0.3 is 14.2 Å². The van der Waals surface area contributed by atoms with Gasteiger partial charge in [0.25, 0.3) is 5.56 Å². The Bertz CT molecular complexity index is 1090. The van der Waals surface area contributed by atoms with Crippen molar-refractivity contribution in [3.05, 3.63) is 68.7 Å². The molecule has 2 aromatic heterocycles. The second-order valence-electron chi connectivity index (χ2n) is 5.79. The maximum absolute atomic E-state index is 12.3. The van der Waals surface area contributed by atoms with Crippen LogP contribution in [0.4, 0.5) is 0 Å². The minimum absolute atomic E-state index is 0.0536. The largest absolute Gasteiger partial charge is 0.456 e. The molecular formula is C18H13ClN2O5. The molecule has 0 spiro atoms. The van der Waals surface area contributed by atoms with Crippen molar-refractivity contribution >= 4 is 23.2 Å². The second-order valence-corrected chi connectivity index (χ2v) is 6.20. The molecule has 132 valence electrons. The summed E-state index contributed by atoms with van der Waals surface area (Å²) in [5.74, 6) is 0.195. The molecule has 0 bridgehead atoms. The zero-order chi connectivity index (χ0) is 18.3. The molecule has 1 aromatic carbocycles. The van der Waals surface area contributed by atoms with Crippen LogP contribution < -0.4 is 15.0 Å². The predicted octanol–water partition coefficient (Wildman–Crippen LogP) is 2.74. The number of hydrogen-bond donors (Lipinski definition) is 0. The van der Waals surface area contributed by atoms with Gasteiger partial charge in [-0.15, -0.1) is 0 Å². The fourth-order valence-corrected chi connectivity index (χ4v) is 2.91. The van der Waals surface area contributed by atoms with Gasteiger partial charge in [0.1, 0.15) is 12.3 Å². The first-order chi connectivity index (χ1) is 12.5. The molecular weight excluding hydrogens is 360 g/mol. The summed E-state index contributed by atoms with van der Waals surface area (Å²) in [5, 5.41) is 0.268. The highest BCUT2D eigenvalue weighted by molar-refractivity contribution is 6.32. The normalized spacial score (nSPS) is 12.4. The van der Waals surface area contributed by atoms with E-state index in [1.54, 1.807) is 12.3 Å². The summed E-state index contributed by atoms with van der Waals surface area (Å²) >= 11 is 6.07. The van der Waals surface area contributed by atoms with E-state index in [1.165, 1.54) is 22.6 Å². The van der Waals surface area contributed by atoms with Gasteiger partial charge in [-0.2, -0.15) is 0 Å². The van der Waals surface area contributed by atoms with Crippen LogP contribution in [0.2, 0.25) is 5.02 Å². The quantitative estimate of drug-likeness (QED) is 0.658. The van der Waals surface area contributed by atoms with Gasteiger partial charge in [0, 0.05) is 12.3 Å². The Hall–Kier alpha value is -3.06. The summed E-state index contributed by atoms with van der Waals surface area (Å²) in [4.78, 5) is 28.8. The minimum atomic E-state index is -0.601. The van der Waals surface area contributed by atoms with E-state index < -0.39 is 5.97 Å². The molecule has 0 radical (unpaired) electrons. The maximum atomic E-state index is 12.3. The zero-order valence-electron chi connectivity index (χ0n) is 13.7. The Labute approximate surface area is 152 Å². The van der Waals surface area contributed by atoms with Crippen LogP contribution in [0.1, 0.15) is 21.6 Å².